The van der Waals surface area contributed by atoms with E-state index in [1.54, 1.807) is 19.4 Å². The van der Waals surface area contributed by atoms with Gasteiger partial charge in [-0.2, -0.15) is 0 Å². The highest BCUT2D eigenvalue weighted by atomic mass is 16.5. The first-order valence-electron chi connectivity index (χ1n) is 8.50. The van der Waals surface area contributed by atoms with Gasteiger partial charge in [-0.1, -0.05) is 30.3 Å². The number of rotatable bonds is 9. The molecule has 1 atom stereocenters. The van der Waals surface area contributed by atoms with E-state index >= 15 is 0 Å². The number of anilines is 2. The van der Waals surface area contributed by atoms with Crippen molar-refractivity contribution in [2.24, 2.45) is 0 Å². The lowest BCUT2D eigenvalue weighted by Crippen LogP contribution is -2.31. The number of carbonyl (C=O) groups excluding carboxylic acids is 1. The van der Waals surface area contributed by atoms with E-state index in [0.717, 1.165) is 24.2 Å². The molecule has 0 aliphatic heterocycles. The summed E-state index contributed by atoms with van der Waals surface area (Å²) in [6.45, 7) is 3.30. The molecular formula is C19H25N5O2. The van der Waals surface area contributed by atoms with Gasteiger partial charge in [0.15, 0.2) is 0 Å². The van der Waals surface area contributed by atoms with Crippen LogP contribution >= 0.6 is 0 Å². The number of nitrogens with zero attached hydrogens (tertiary/aromatic N) is 1. The van der Waals surface area contributed by atoms with Gasteiger partial charge in [0.25, 0.3) is 0 Å². The summed E-state index contributed by atoms with van der Waals surface area (Å²) in [6.07, 6.45) is 3.70. The number of hydrogen-bond acceptors (Lipinski definition) is 5. The van der Waals surface area contributed by atoms with E-state index in [4.69, 9.17) is 10.1 Å². The highest BCUT2D eigenvalue weighted by Gasteiger charge is 2.11. The monoisotopic (exact) mass is 355 g/mol. The van der Waals surface area contributed by atoms with Gasteiger partial charge in [-0.05, 0) is 25.0 Å². The van der Waals surface area contributed by atoms with Crippen molar-refractivity contribution in [3.05, 3.63) is 53.7 Å². The van der Waals surface area contributed by atoms with Crippen LogP contribution in [0, 0.1) is 5.41 Å². The zero-order valence-corrected chi connectivity index (χ0v) is 15.1. The first-order valence-corrected chi connectivity index (χ1v) is 8.50. The highest BCUT2D eigenvalue weighted by molar-refractivity contribution is 5.92. The Morgan fingerprint density at radius 1 is 1.35 bits per heavy atom. The normalized spacial score (nSPS) is 11.5. The molecule has 1 aromatic heterocycles. The summed E-state index contributed by atoms with van der Waals surface area (Å²) in [5.74, 6) is 0.392. The van der Waals surface area contributed by atoms with Crippen molar-refractivity contribution in [3.63, 3.8) is 0 Å². The summed E-state index contributed by atoms with van der Waals surface area (Å²) in [5.41, 5.74) is 2.43. The second-order valence-electron chi connectivity index (χ2n) is 5.81. The third kappa shape index (κ3) is 5.86. The minimum atomic E-state index is -0.342. The third-order valence-corrected chi connectivity index (χ3v) is 3.82. The molecule has 0 aliphatic carbocycles. The van der Waals surface area contributed by atoms with Gasteiger partial charge in [0.1, 0.15) is 5.82 Å². The lowest BCUT2D eigenvalue weighted by Gasteiger charge is -2.15. The number of benzene rings is 1. The van der Waals surface area contributed by atoms with Crippen LogP contribution in [-0.2, 0) is 4.74 Å². The molecule has 2 aromatic rings. The molecule has 26 heavy (non-hydrogen) atoms. The first kappa shape index (κ1) is 19.4. The summed E-state index contributed by atoms with van der Waals surface area (Å²) in [6, 6.07) is 10.9. The van der Waals surface area contributed by atoms with Crippen molar-refractivity contribution in [1.82, 2.24) is 10.3 Å². The van der Waals surface area contributed by atoms with Crippen LogP contribution in [0.3, 0.4) is 0 Å². The molecule has 1 aromatic carbocycles. The molecule has 0 aliphatic rings. The zero-order chi connectivity index (χ0) is 18.8. The van der Waals surface area contributed by atoms with Gasteiger partial charge in [0, 0.05) is 32.0 Å². The molecule has 2 rings (SSSR count). The molecule has 0 spiro atoms. The lowest BCUT2D eigenvalue weighted by molar-refractivity contribution is 0.198. The van der Waals surface area contributed by atoms with E-state index < -0.39 is 0 Å². The molecule has 0 bridgehead atoms. The molecule has 7 heteroatoms. The van der Waals surface area contributed by atoms with Crippen LogP contribution in [0.15, 0.2) is 42.6 Å². The van der Waals surface area contributed by atoms with Crippen molar-refractivity contribution in [1.29, 1.82) is 5.41 Å². The zero-order valence-electron chi connectivity index (χ0n) is 15.1. The molecule has 2 amide bonds. The number of amides is 2. The fourth-order valence-corrected chi connectivity index (χ4v) is 2.42. The van der Waals surface area contributed by atoms with Crippen LogP contribution in [0.2, 0.25) is 0 Å². The molecular weight excluding hydrogens is 330 g/mol. The van der Waals surface area contributed by atoms with Crippen molar-refractivity contribution < 1.29 is 9.53 Å². The predicted molar refractivity (Wildman–Crippen MR) is 104 cm³/mol. The fraction of sp³-hybridized carbons (Fsp3) is 0.316. The number of methoxy groups -OCH3 is 1. The Labute approximate surface area is 153 Å². The molecule has 0 radical (unpaired) electrons. The molecule has 138 valence electrons. The molecule has 0 fully saturated rings. The Morgan fingerprint density at radius 2 is 2.12 bits per heavy atom. The summed E-state index contributed by atoms with van der Waals surface area (Å²) in [7, 11) is 1.66. The maximum absolute atomic E-state index is 12.2. The quantitative estimate of drug-likeness (QED) is 0.409. The molecule has 1 heterocycles. The van der Waals surface area contributed by atoms with E-state index in [0.29, 0.717) is 18.0 Å². The van der Waals surface area contributed by atoms with Gasteiger partial charge in [0.05, 0.1) is 17.9 Å². The van der Waals surface area contributed by atoms with E-state index in [9.17, 15) is 4.79 Å². The van der Waals surface area contributed by atoms with Crippen molar-refractivity contribution in [2.45, 2.75) is 19.4 Å². The van der Waals surface area contributed by atoms with Crippen LogP contribution in [0.25, 0.3) is 0 Å². The molecule has 0 saturated carbocycles. The number of aromatic nitrogens is 1. The molecule has 7 nitrogen and oxygen atoms in total. The average molecular weight is 355 g/mol. The maximum Gasteiger partial charge on any atom is 0.320 e. The molecule has 4 N–H and O–H groups in total. The Kier molecular flexibility index (Phi) is 7.57. The first-order chi connectivity index (χ1) is 12.6. The van der Waals surface area contributed by atoms with Gasteiger partial charge in [0.2, 0.25) is 0 Å². The van der Waals surface area contributed by atoms with E-state index in [2.05, 4.69) is 20.9 Å². The van der Waals surface area contributed by atoms with Crippen molar-refractivity contribution >= 4 is 23.8 Å². The number of ether oxygens (including phenoxy) is 1. The van der Waals surface area contributed by atoms with Crippen LogP contribution in [0.4, 0.5) is 16.3 Å². The van der Waals surface area contributed by atoms with E-state index in [1.807, 2.05) is 37.3 Å². The summed E-state index contributed by atoms with van der Waals surface area (Å²) in [5, 5.41) is 16.3. The van der Waals surface area contributed by atoms with E-state index in [1.165, 1.54) is 6.21 Å². The summed E-state index contributed by atoms with van der Waals surface area (Å²) < 4.78 is 5.01. The third-order valence-electron chi connectivity index (χ3n) is 3.82. The van der Waals surface area contributed by atoms with Crippen LogP contribution in [0.1, 0.15) is 30.5 Å². The molecule has 0 unspecified atom stereocenters. The lowest BCUT2D eigenvalue weighted by atomic mass is 10.1. The summed E-state index contributed by atoms with van der Waals surface area (Å²) >= 11 is 0. The number of nitrogens with one attached hydrogen (secondary N) is 4. The standard InChI is InChI=1S/C19H25N5O2/c1-14(15-7-4-3-5-8-15)23-19(25)24-18-11-16(12-20)17(13-22-18)21-9-6-10-26-2/h3-5,7-8,11-14,20-21H,6,9-10H2,1-2H3,(H2,22,23,24,25)/t14-/m1/s1. The van der Waals surface area contributed by atoms with Crippen LogP contribution in [0.5, 0.6) is 0 Å². The fourth-order valence-electron chi connectivity index (χ4n) is 2.42. The summed E-state index contributed by atoms with van der Waals surface area (Å²) in [4.78, 5) is 16.4. The minimum absolute atomic E-state index is 0.125. The Balaban J connectivity index is 1.94. The largest absolute Gasteiger partial charge is 0.385 e. The van der Waals surface area contributed by atoms with Gasteiger partial charge in [-0.3, -0.25) is 5.32 Å². The Morgan fingerprint density at radius 3 is 2.81 bits per heavy atom. The topological polar surface area (TPSA) is 99.1 Å². The predicted octanol–water partition coefficient (Wildman–Crippen LogP) is 3.41. The second-order valence-corrected chi connectivity index (χ2v) is 5.81. The highest BCUT2D eigenvalue weighted by Crippen LogP contribution is 2.17. The minimum Gasteiger partial charge on any atom is -0.385 e. The van der Waals surface area contributed by atoms with Crippen LogP contribution < -0.4 is 16.0 Å². The van der Waals surface area contributed by atoms with Crippen molar-refractivity contribution in [3.8, 4) is 0 Å². The average Bonchev–Trinajstić information content (AvgIpc) is 2.66. The van der Waals surface area contributed by atoms with E-state index in [-0.39, 0.29) is 12.1 Å². The number of carbonyl (C=O) groups is 1. The SMILES string of the molecule is COCCCNc1cnc(NC(=O)N[C@H](C)c2ccccc2)cc1C=N. The smallest absolute Gasteiger partial charge is 0.320 e. The molecule has 0 saturated heterocycles. The van der Waals surface area contributed by atoms with Gasteiger partial charge in [-0.25, -0.2) is 9.78 Å². The van der Waals surface area contributed by atoms with Crippen LogP contribution in [-0.4, -0.2) is 37.5 Å². The number of pyridine rings is 1. The van der Waals surface area contributed by atoms with Gasteiger partial charge < -0.3 is 20.8 Å². The number of urea groups is 1. The number of hydrogen-bond donors (Lipinski definition) is 4. The van der Waals surface area contributed by atoms with Crippen molar-refractivity contribution in [2.75, 3.05) is 30.9 Å². The maximum atomic E-state index is 12.2. The van der Waals surface area contributed by atoms with Gasteiger partial charge in [-0.15, -0.1) is 0 Å². The van der Waals surface area contributed by atoms with Gasteiger partial charge >= 0.3 is 6.03 Å². The second kappa shape index (κ2) is 10.1. The Hall–Kier alpha value is -2.93. The Bertz CT molecular complexity index is 721.